The maximum absolute atomic E-state index is 14.0. The van der Waals surface area contributed by atoms with E-state index in [0.717, 1.165) is 6.07 Å². The summed E-state index contributed by atoms with van der Waals surface area (Å²) in [5.74, 6) is -1.34. The first-order chi connectivity index (χ1) is 10.9. The number of carbonyl (C=O) groups excluding carboxylic acids is 1. The second kappa shape index (κ2) is 7.55. The lowest BCUT2D eigenvalue weighted by Gasteiger charge is -2.24. The molecule has 0 aliphatic heterocycles. The third-order valence-corrected chi connectivity index (χ3v) is 3.97. The maximum atomic E-state index is 14.0. The van der Waals surface area contributed by atoms with Crippen LogP contribution in [-0.4, -0.2) is 23.8 Å². The zero-order valence-corrected chi connectivity index (χ0v) is 13.2. The van der Waals surface area contributed by atoms with Crippen LogP contribution in [0.5, 0.6) is 0 Å². The molecule has 1 unspecified atom stereocenters. The number of carbonyl (C=O) groups is 1. The van der Waals surface area contributed by atoms with Gasteiger partial charge < -0.3 is 15.7 Å². The standard InChI is InChI=1S/C17H22F2N2O2/c1-10(2)16(14-6-4-12(18)8-15(14)19)21-17(23)20-13-5-3-11(7-13)9-22/h3-6,8,10-11,13,16,22H,7,9H2,1-2H3,(H2,20,21,23)/t11-,13+,16?/m0/s1. The first-order valence-electron chi connectivity index (χ1n) is 7.72. The Bertz CT molecular complexity index is 590. The average Bonchev–Trinajstić information content (AvgIpc) is 2.93. The third-order valence-electron chi connectivity index (χ3n) is 3.97. The largest absolute Gasteiger partial charge is 0.396 e. The molecule has 126 valence electrons. The lowest BCUT2D eigenvalue weighted by molar-refractivity contribution is 0.225. The molecule has 1 aromatic rings. The van der Waals surface area contributed by atoms with Gasteiger partial charge in [-0.05, 0) is 18.4 Å². The van der Waals surface area contributed by atoms with Crippen LogP contribution < -0.4 is 10.6 Å². The van der Waals surface area contributed by atoms with E-state index in [1.54, 1.807) is 0 Å². The minimum absolute atomic E-state index is 0.0473. The normalized spacial score (nSPS) is 21.5. The molecule has 4 nitrogen and oxygen atoms in total. The highest BCUT2D eigenvalue weighted by molar-refractivity contribution is 5.75. The number of aliphatic hydroxyl groups is 1. The van der Waals surface area contributed by atoms with Crippen LogP contribution in [0.1, 0.15) is 31.9 Å². The van der Waals surface area contributed by atoms with Crippen molar-refractivity contribution in [2.45, 2.75) is 32.4 Å². The van der Waals surface area contributed by atoms with Crippen molar-refractivity contribution in [3.8, 4) is 0 Å². The summed E-state index contributed by atoms with van der Waals surface area (Å²) in [7, 11) is 0. The highest BCUT2D eigenvalue weighted by Gasteiger charge is 2.24. The highest BCUT2D eigenvalue weighted by Crippen LogP contribution is 2.25. The van der Waals surface area contributed by atoms with Crippen molar-refractivity contribution in [2.24, 2.45) is 11.8 Å². The molecule has 2 amide bonds. The van der Waals surface area contributed by atoms with Crippen LogP contribution in [-0.2, 0) is 0 Å². The van der Waals surface area contributed by atoms with E-state index in [0.29, 0.717) is 6.42 Å². The van der Waals surface area contributed by atoms with E-state index in [1.165, 1.54) is 12.1 Å². The molecule has 23 heavy (non-hydrogen) atoms. The summed E-state index contributed by atoms with van der Waals surface area (Å²) in [5, 5.41) is 14.6. The molecule has 6 heteroatoms. The summed E-state index contributed by atoms with van der Waals surface area (Å²) in [6, 6.07) is 2.22. The van der Waals surface area contributed by atoms with Crippen LogP contribution in [0.4, 0.5) is 13.6 Å². The molecule has 0 fully saturated rings. The molecule has 0 heterocycles. The van der Waals surface area contributed by atoms with E-state index in [-0.39, 0.29) is 30.0 Å². The molecule has 3 atom stereocenters. The maximum Gasteiger partial charge on any atom is 0.315 e. The van der Waals surface area contributed by atoms with E-state index < -0.39 is 23.7 Å². The van der Waals surface area contributed by atoms with Gasteiger partial charge in [0.25, 0.3) is 0 Å². The summed E-state index contributed by atoms with van der Waals surface area (Å²) in [4.78, 5) is 12.1. The number of nitrogens with one attached hydrogen (secondary N) is 2. The lowest BCUT2D eigenvalue weighted by atomic mass is 9.95. The molecule has 0 radical (unpaired) electrons. The number of amides is 2. The van der Waals surface area contributed by atoms with Gasteiger partial charge in [0.2, 0.25) is 0 Å². The van der Waals surface area contributed by atoms with E-state index in [2.05, 4.69) is 10.6 Å². The van der Waals surface area contributed by atoms with E-state index >= 15 is 0 Å². The summed E-state index contributed by atoms with van der Waals surface area (Å²) in [6.07, 6.45) is 4.34. The fourth-order valence-corrected chi connectivity index (χ4v) is 2.73. The Balaban J connectivity index is 2.02. The molecule has 1 aromatic carbocycles. The molecule has 2 rings (SSSR count). The molecule has 3 N–H and O–H groups in total. The van der Waals surface area contributed by atoms with Gasteiger partial charge in [-0.2, -0.15) is 0 Å². The van der Waals surface area contributed by atoms with Gasteiger partial charge in [0.05, 0.1) is 6.04 Å². The minimum atomic E-state index is -0.676. The number of benzene rings is 1. The first-order valence-corrected chi connectivity index (χ1v) is 7.72. The summed E-state index contributed by atoms with van der Waals surface area (Å²) in [6.45, 7) is 3.75. The van der Waals surface area contributed by atoms with Crippen molar-refractivity contribution < 1.29 is 18.7 Å². The number of hydrogen-bond acceptors (Lipinski definition) is 2. The molecule has 1 aliphatic rings. The molecule has 0 saturated carbocycles. The smallest absolute Gasteiger partial charge is 0.315 e. The van der Waals surface area contributed by atoms with Crippen LogP contribution in [0, 0.1) is 23.5 Å². The van der Waals surface area contributed by atoms with Gasteiger partial charge in [0.1, 0.15) is 11.6 Å². The van der Waals surface area contributed by atoms with E-state index in [4.69, 9.17) is 5.11 Å². The van der Waals surface area contributed by atoms with Gasteiger partial charge in [-0.3, -0.25) is 0 Å². The molecule has 1 aliphatic carbocycles. The number of hydrogen-bond donors (Lipinski definition) is 3. The summed E-state index contributed by atoms with van der Waals surface area (Å²) >= 11 is 0. The fraction of sp³-hybridized carbons (Fsp3) is 0.471. The number of rotatable bonds is 5. The predicted octanol–water partition coefficient (Wildman–Crippen LogP) is 2.90. The third kappa shape index (κ3) is 4.51. The van der Waals surface area contributed by atoms with Gasteiger partial charge >= 0.3 is 6.03 Å². The van der Waals surface area contributed by atoms with E-state index in [1.807, 2.05) is 26.0 Å². The Morgan fingerprint density at radius 3 is 2.65 bits per heavy atom. The van der Waals surface area contributed by atoms with Crippen LogP contribution in [0.2, 0.25) is 0 Å². The number of urea groups is 1. The number of halogens is 2. The zero-order chi connectivity index (χ0) is 17.0. The minimum Gasteiger partial charge on any atom is -0.396 e. The highest BCUT2D eigenvalue weighted by atomic mass is 19.1. The Morgan fingerprint density at radius 2 is 2.09 bits per heavy atom. The zero-order valence-electron chi connectivity index (χ0n) is 13.2. The lowest BCUT2D eigenvalue weighted by Crippen LogP contribution is -2.43. The second-order valence-corrected chi connectivity index (χ2v) is 6.18. The number of aliphatic hydroxyl groups excluding tert-OH is 1. The van der Waals surface area contributed by atoms with Crippen LogP contribution in [0.25, 0.3) is 0 Å². The SMILES string of the molecule is CC(C)C(NC(=O)N[C@@H]1C=C[C@H](CO)C1)c1ccc(F)cc1F. The quantitative estimate of drug-likeness (QED) is 0.729. The van der Waals surface area contributed by atoms with Crippen molar-refractivity contribution in [2.75, 3.05) is 6.61 Å². The van der Waals surface area contributed by atoms with Crippen molar-refractivity contribution in [1.29, 1.82) is 0 Å². The molecule has 0 aromatic heterocycles. The van der Waals surface area contributed by atoms with Crippen LogP contribution in [0.3, 0.4) is 0 Å². The van der Waals surface area contributed by atoms with Gasteiger partial charge in [-0.1, -0.05) is 32.1 Å². The van der Waals surface area contributed by atoms with Crippen molar-refractivity contribution in [3.63, 3.8) is 0 Å². The van der Waals surface area contributed by atoms with Crippen LogP contribution >= 0.6 is 0 Å². The Kier molecular flexibility index (Phi) is 5.71. The van der Waals surface area contributed by atoms with Gasteiger partial charge in [0.15, 0.2) is 0 Å². The fourth-order valence-electron chi connectivity index (χ4n) is 2.73. The molecule has 0 saturated heterocycles. The molecular weight excluding hydrogens is 302 g/mol. The Labute approximate surface area is 134 Å². The predicted molar refractivity (Wildman–Crippen MR) is 83.7 cm³/mol. The summed E-state index contributed by atoms with van der Waals surface area (Å²) in [5.41, 5.74) is 0.256. The van der Waals surface area contributed by atoms with Gasteiger partial charge in [0, 0.05) is 30.2 Å². The van der Waals surface area contributed by atoms with Crippen molar-refractivity contribution in [3.05, 3.63) is 47.5 Å². The first kappa shape index (κ1) is 17.4. The average molecular weight is 324 g/mol. The van der Waals surface area contributed by atoms with Crippen molar-refractivity contribution in [1.82, 2.24) is 10.6 Å². The Morgan fingerprint density at radius 1 is 1.35 bits per heavy atom. The topological polar surface area (TPSA) is 61.4 Å². The molecule has 0 spiro atoms. The van der Waals surface area contributed by atoms with E-state index in [9.17, 15) is 13.6 Å². The van der Waals surface area contributed by atoms with Crippen LogP contribution in [0.15, 0.2) is 30.4 Å². The monoisotopic (exact) mass is 324 g/mol. The van der Waals surface area contributed by atoms with Crippen molar-refractivity contribution >= 4 is 6.03 Å². The second-order valence-electron chi connectivity index (χ2n) is 6.18. The summed E-state index contributed by atoms with van der Waals surface area (Å²) < 4.78 is 27.0. The van der Waals surface area contributed by atoms with Gasteiger partial charge in [-0.15, -0.1) is 0 Å². The molecule has 0 bridgehead atoms. The molecular formula is C17H22F2N2O2. The Hall–Kier alpha value is -1.95. The van der Waals surface area contributed by atoms with Gasteiger partial charge in [-0.25, -0.2) is 13.6 Å².